The molecule has 14 nitrogen and oxygen atoms in total. The van der Waals surface area contributed by atoms with Crippen LogP contribution in [-0.2, 0) is 36.8 Å². The van der Waals surface area contributed by atoms with Gasteiger partial charge in [-0.2, -0.15) is 0 Å². The summed E-state index contributed by atoms with van der Waals surface area (Å²) in [5.41, 5.74) is 12.2. The van der Waals surface area contributed by atoms with Gasteiger partial charge in [-0.05, 0) is 53.8 Å². The molecule has 14 heteroatoms. The van der Waals surface area contributed by atoms with Gasteiger partial charge in [-0.3, -0.25) is 29.0 Å². The van der Waals surface area contributed by atoms with Crippen LogP contribution >= 0.6 is 0 Å². The van der Waals surface area contributed by atoms with E-state index in [2.05, 4.69) is 31.6 Å². The third-order valence-electron chi connectivity index (χ3n) is 7.67. The topological polar surface area (TPSA) is 230 Å². The Bertz CT molecular complexity index is 1640. The molecule has 1 saturated heterocycles. The minimum absolute atomic E-state index is 0.0230. The Morgan fingerprint density at radius 3 is 2.09 bits per heavy atom. The molecule has 248 valence electrons. The van der Waals surface area contributed by atoms with Crippen LogP contribution in [0.4, 0.5) is 0 Å². The number of guanidine groups is 1. The number of phenols is 1. The molecule has 3 aromatic rings. The smallest absolute Gasteiger partial charge is 0.243 e. The lowest BCUT2D eigenvalue weighted by Crippen LogP contribution is -2.57. The predicted molar refractivity (Wildman–Crippen MR) is 176 cm³/mol. The van der Waals surface area contributed by atoms with Gasteiger partial charge < -0.3 is 43.2 Å². The van der Waals surface area contributed by atoms with E-state index >= 15 is 0 Å². The fourth-order valence-electron chi connectivity index (χ4n) is 5.14. The van der Waals surface area contributed by atoms with Crippen LogP contribution in [0.5, 0.6) is 5.75 Å². The number of carbonyl (C=O) groups excluding carboxylic acids is 5. The lowest BCUT2D eigenvalue weighted by molar-refractivity contribution is -0.133. The van der Waals surface area contributed by atoms with Crippen molar-refractivity contribution in [3.05, 3.63) is 77.9 Å². The number of nitrogens with two attached hydrogens (primary N) is 2. The maximum atomic E-state index is 13.5. The lowest BCUT2D eigenvalue weighted by atomic mass is 10.0. The number of fused-ring (bicyclic) bond motifs is 1. The molecule has 0 saturated carbocycles. The molecule has 0 aliphatic carbocycles. The number of nitrogens with zero attached hydrogens (tertiary/aromatic N) is 1. The Morgan fingerprint density at radius 2 is 1.36 bits per heavy atom. The Balaban J connectivity index is 1.60. The van der Waals surface area contributed by atoms with Crippen molar-refractivity contribution in [2.45, 2.75) is 56.8 Å². The molecule has 1 heterocycles. The van der Waals surface area contributed by atoms with Gasteiger partial charge in [0.15, 0.2) is 5.96 Å². The van der Waals surface area contributed by atoms with E-state index in [1.54, 1.807) is 12.1 Å². The van der Waals surface area contributed by atoms with Gasteiger partial charge in [0.25, 0.3) is 0 Å². The van der Waals surface area contributed by atoms with Crippen LogP contribution in [-0.4, -0.2) is 77.9 Å². The number of benzene rings is 3. The summed E-state index contributed by atoms with van der Waals surface area (Å²) in [6.45, 7) is 1.18. The highest BCUT2D eigenvalue weighted by Crippen LogP contribution is 2.17. The molecule has 10 N–H and O–H groups in total. The number of rotatable bonds is 8. The Morgan fingerprint density at radius 1 is 0.745 bits per heavy atom. The number of phenolic OH excluding ortho intramolecular Hbond substituents is 1. The highest BCUT2D eigenvalue weighted by Gasteiger charge is 2.31. The van der Waals surface area contributed by atoms with Gasteiger partial charge in [-0.15, -0.1) is 0 Å². The molecule has 4 rings (SSSR count). The van der Waals surface area contributed by atoms with E-state index in [0.717, 1.165) is 16.3 Å². The molecule has 0 radical (unpaired) electrons. The van der Waals surface area contributed by atoms with Gasteiger partial charge in [0.05, 0.1) is 6.54 Å². The van der Waals surface area contributed by atoms with Crippen molar-refractivity contribution in [3.8, 4) is 5.75 Å². The number of amides is 5. The second kappa shape index (κ2) is 16.1. The van der Waals surface area contributed by atoms with Crippen molar-refractivity contribution in [2.24, 2.45) is 16.5 Å². The summed E-state index contributed by atoms with van der Waals surface area (Å²) < 4.78 is 0. The zero-order chi connectivity index (χ0) is 33.9. The van der Waals surface area contributed by atoms with Gasteiger partial charge in [0.1, 0.15) is 29.9 Å². The van der Waals surface area contributed by atoms with Crippen molar-refractivity contribution in [1.82, 2.24) is 26.6 Å². The van der Waals surface area contributed by atoms with Crippen LogP contribution in [0.25, 0.3) is 10.8 Å². The Labute approximate surface area is 271 Å². The molecule has 3 aromatic carbocycles. The van der Waals surface area contributed by atoms with Gasteiger partial charge >= 0.3 is 0 Å². The first-order valence-corrected chi connectivity index (χ1v) is 15.3. The van der Waals surface area contributed by atoms with Gasteiger partial charge in [-0.25, -0.2) is 0 Å². The normalized spacial score (nSPS) is 21.3. The minimum Gasteiger partial charge on any atom is -0.508 e. The maximum Gasteiger partial charge on any atom is 0.243 e. The average Bonchev–Trinajstić information content (AvgIpc) is 3.04. The number of nitrogens with one attached hydrogen (secondary N) is 5. The SMILES string of the molecule is C[C@@H]1NC(=O)[C@H](Cc2ccc3ccccc3c2)NC(=O)CNC(=O)[C@@H](Cc2ccc(O)cc2)NC(=O)[C@H](CCCN=C(N)N)NC1=O. The van der Waals surface area contributed by atoms with E-state index in [4.69, 9.17) is 11.5 Å². The minimum atomic E-state index is -1.15. The number of hydrogen-bond donors (Lipinski definition) is 8. The van der Waals surface area contributed by atoms with Gasteiger partial charge in [0, 0.05) is 19.4 Å². The molecule has 4 atom stereocenters. The fourth-order valence-corrected chi connectivity index (χ4v) is 5.14. The number of aliphatic imine (C=N–C) groups is 1. The molecule has 0 aromatic heterocycles. The van der Waals surface area contributed by atoms with Crippen LogP contribution in [0.2, 0.25) is 0 Å². The first-order valence-electron chi connectivity index (χ1n) is 15.3. The highest BCUT2D eigenvalue weighted by atomic mass is 16.3. The predicted octanol–water partition coefficient (Wildman–Crippen LogP) is -0.527. The van der Waals surface area contributed by atoms with Crippen molar-refractivity contribution >= 4 is 46.3 Å². The van der Waals surface area contributed by atoms with Gasteiger partial charge in [-0.1, -0.05) is 54.6 Å². The summed E-state index contributed by atoms with van der Waals surface area (Å²) in [6, 6.07) is 15.1. The number of carbonyl (C=O) groups is 5. The maximum absolute atomic E-state index is 13.5. The second-order valence-corrected chi connectivity index (χ2v) is 11.4. The monoisotopic (exact) mass is 644 g/mol. The number of aromatic hydroxyl groups is 1. The molecular weight excluding hydrogens is 604 g/mol. The summed E-state index contributed by atoms with van der Waals surface area (Å²) in [7, 11) is 0. The van der Waals surface area contributed by atoms with Crippen LogP contribution in [0.1, 0.15) is 30.9 Å². The third kappa shape index (κ3) is 10.2. The summed E-state index contributed by atoms with van der Waals surface area (Å²) in [5, 5.41) is 24.9. The van der Waals surface area contributed by atoms with Crippen LogP contribution in [0.3, 0.4) is 0 Å². The number of hydrogen-bond acceptors (Lipinski definition) is 7. The molecule has 0 unspecified atom stereocenters. The molecular formula is C33H40N8O6. The lowest BCUT2D eigenvalue weighted by Gasteiger charge is -2.24. The van der Waals surface area contributed by atoms with Gasteiger partial charge in [0.2, 0.25) is 29.5 Å². The quantitative estimate of drug-likeness (QED) is 0.0901. The van der Waals surface area contributed by atoms with E-state index in [1.807, 2.05) is 42.5 Å². The van der Waals surface area contributed by atoms with Crippen molar-refractivity contribution in [2.75, 3.05) is 13.1 Å². The average molecular weight is 645 g/mol. The summed E-state index contributed by atoms with van der Waals surface area (Å²) in [6.07, 6.45) is 0.572. The van der Waals surface area contributed by atoms with Crippen molar-refractivity contribution < 1.29 is 29.1 Å². The Hall–Kier alpha value is -5.66. The van der Waals surface area contributed by atoms with E-state index in [9.17, 15) is 29.1 Å². The molecule has 0 spiro atoms. The zero-order valence-corrected chi connectivity index (χ0v) is 26.0. The largest absolute Gasteiger partial charge is 0.508 e. The molecule has 1 aliphatic heterocycles. The first kappa shape index (κ1) is 34.2. The van der Waals surface area contributed by atoms with Crippen LogP contribution < -0.4 is 38.1 Å². The summed E-state index contributed by atoms with van der Waals surface area (Å²) in [5.74, 6) is -3.32. The van der Waals surface area contributed by atoms with Crippen molar-refractivity contribution in [3.63, 3.8) is 0 Å². The van der Waals surface area contributed by atoms with Crippen molar-refractivity contribution in [1.29, 1.82) is 0 Å². The van der Waals surface area contributed by atoms with Crippen LogP contribution in [0, 0.1) is 0 Å². The van der Waals surface area contributed by atoms with E-state index in [-0.39, 0.29) is 37.5 Å². The van der Waals surface area contributed by atoms with Crippen LogP contribution in [0.15, 0.2) is 71.7 Å². The molecule has 1 fully saturated rings. The molecule has 47 heavy (non-hydrogen) atoms. The van der Waals surface area contributed by atoms with E-state index in [1.165, 1.54) is 19.1 Å². The van der Waals surface area contributed by atoms with E-state index in [0.29, 0.717) is 12.0 Å². The molecule has 5 amide bonds. The van der Waals surface area contributed by atoms with E-state index < -0.39 is 60.2 Å². The fraction of sp³-hybridized carbons (Fsp3) is 0.333. The molecule has 1 aliphatic rings. The highest BCUT2D eigenvalue weighted by molar-refractivity contribution is 5.97. The first-order chi connectivity index (χ1) is 22.5. The second-order valence-electron chi connectivity index (χ2n) is 11.4. The standard InChI is InChI=1S/C33H40N8O6/c1-19-29(44)40-25(7-4-14-36-33(34)35)31(46)41-26(16-20-9-12-24(42)13-10-20)30(45)37-18-28(43)39-27(32(47)38-19)17-21-8-11-22-5-2-3-6-23(22)15-21/h2-3,5-6,8-13,15,19,25-27,42H,4,7,14,16-18H2,1H3,(H,37,45)(H,38,47)(H,39,43)(H,40,44)(H,41,46)(H4,34,35,36)/t19-,25-,26+,27-/m0/s1. The summed E-state index contributed by atoms with van der Waals surface area (Å²) >= 11 is 0. The Kier molecular flexibility index (Phi) is 11.7. The molecule has 0 bridgehead atoms. The zero-order valence-electron chi connectivity index (χ0n) is 26.0. The summed E-state index contributed by atoms with van der Waals surface area (Å²) in [4.78, 5) is 70.6. The third-order valence-corrected chi connectivity index (χ3v) is 7.67.